The van der Waals surface area contributed by atoms with E-state index in [9.17, 15) is 0 Å². The maximum atomic E-state index is 6.34. The maximum absolute atomic E-state index is 6.34. The lowest BCUT2D eigenvalue weighted by Gasteiger charge is -2.22. The smallest absolute Gasteiger partial charge is 0.294 e. The van der Waals surface area contributed by atoms with E-state index in [4.69, 9.17) is 9.72 Å². The Morgan fingerprint density at radius 1 is 1.00 bits per heavy atom. The SMILES string of the molecule is Cc1cc2cccc3c2c(c1C)-c1c(nc2cc([Si](C)(C)C)ccc2[n+]1C)O3. The molecule has 0 radical (unpaired) electrons. The van der Waals surface area contributed by atoms with Crippen molar-refractivity contribution in [2.75, 3.05) is 0 Å². The summed E-state index contributed by atoms with van der Waals surface area (Å²) in [4.78, 5) is 4.99. The molecule has 0 atom stereocenters. The standard InChI is InChI=1S/C24H25N2OSi/c1-14-12-16-8-7-9-20-22(16)21(15(14)2)23-24(27-20)25-18-13-17(28(4,5)6)10-11-19(18)26(23)3/h7-13H,1-6H3/q+1. The van der Waals surface area contributed by atoms with Crippen LogP contribution in [0.15, 0.2) is 42.5 Å². The summed E-state index contributed by atoms with van der Waals surface area (Å²) < 4.78 is 8.59. The molecule has 28 heavy (non-hydrogen) atoms. The van der Waals surface area contributed by atoms with E-state index in [1.54, 1.807) is 0 Å². The molecule has 0 saturated carbocycles. The van der Waals surface area contributed by atoms with Gasteiger partial charge in [-0.05, 0) is 42.5 Å². The molecule has 5 rings (SSSR count). The first-order valence-corrected chi connectivity index (χ1v) is 13.3. The van der Waals surface area contributed by atoms with E-state index in [1.165, 1.54) is 32.6 Å². The molecule has 3 nitrogen and oxygen atoms in total. The average molecular weight is 386 g/mol. The summed E-state index contributed by atoms with van der Waals surface area (Å²) >= 11 is 0. The minimum atomic E-state index is -1.41. The van der Waals surface area contributed by atoms with Gasteiger partial charge in [-0.3, -0.25) is 0 Å². The lowest BCUT2D eigenvalue weighted by molar-refractivity contribution is -0.634. The number of hydrogen-bond donors (Lipinski definition) is 0. The summed E-state index contributed by atoms with van der Waals surface area (Å²) in [7, 11) is 0.720. The molecule has 0 N–H and O–H groups in total. The van der Waals surface area contributed by atoms with Gasteiger partial charge in [0.15, 0.2) is 0 Å². The molecule has 2 heterocycles. The number of ether oxygens (including phenoxy) is 1. The number of aryl methyl sites for hydroxylation is 2. The summed E-state index contributed by atoms with van der Waals surface area (Å²) in [5.74, 6) is 1.60. The highest BCUT2D eigenvalue weighted by molar-refractivity contribution is 6.88. The number of nitrogens with zero attached hydrogens (tertiary/aromatic N) is 2. The number of hydrogen-bond acceptors (Lipinski definition) is 2. The molecule has 140 valence electrons. The van der Waals surface area contributed by atoms with Gasteiger partial charge in [0.2, 0.25) is 5.52 Å². The third-order valence-electron chi connectivity index (χ3n) is 6.05. The molecule has 1 aromatic heterocycles. The topological polar surface area (TPSA) is 26.0 Å². The molecule has 1 aliphatic heterocycles. The van der Waals surface area contributed by atoms with E-state index in [1.807, 2.05) is 6.07 Å². The Morgan fingerprint density at radius 3 is 2.54 bits per heavy atom. The van der Waals surface area contributed by atoms with Crippen LogP contribution in [0.4, 0.5) is 0 Å². The molecule has 4 aromatic rings. The Bertz CT molecular complexity index is 1300. The zero-order chi connectivity index (χ0) is 19.8. The predicted octanol–water partition coefficient (Wildman–Crippen LogP) is 5.15. The first-order valence-electron chi connectivity index (χ1n) is 9.81. The fourth-order valence-corrected chi connectivity index (χ4v) is 5.44. The van der Waals surface area contributed by atoms with Gasteiger partial charge in [0.05, 0.1) is 13.6 Å². The van der Waals surface area contributed by atoms with Gasteiger partial charge >= 0.3 is 0 Å². The lowest BCUT2D eigenvalue weighted by Crippen LogP contribution is -2.39. The van der Waals surface area contributed by atoms with Gasteiger partial charge in [-0.15, -0.1) is 0 Å². The van der Waals surface area contributed by atoms with Gasteiger partial charge in [0.1, 0.15) is 18.3 Å². The quantitative estimate of drug-likeness (QED) is 0.295. The van der Waals surface area contributed by atoms with Crippen LogP contribution >= 0.6 is 0 Å². The van der Waals surface area contributed by atoms with Crippen molar-refractivity contribution in [2.45, 2.75) is 33.5 Å². The van der Waals surface area contributed by atoms with Gasteiger partial charge in [0.25, 0.3) is 11.6 Å². The molecule has 1 aliphatic rings. The molecular formula is C24H25N2OSi+. The second-order valence-electron chi connectivity index (χ2n) is 8.93. The highest BCUT2D eigenvalue weighted by atomic mass is 28.3. The van der Waals surface area contributed by atoms with Crippen LogP contribution in [0, 0.1) is 13.8 Å². The second kappa shape index (κ2) is 5.64. The van der Waals surface area contributed by atoms with Crippen molar-refractivity contribution in [1.29, 1.82) is 0 Å². The molecule has 3 aromatic carbocycles. The van der Waals surface area contributed by atoms with Gasteiger partial charge in [0, 0.05) is 11.5 Å². The third kappa shape index (κ3) is 2.34. The number of rotatable bonds is 1. The zero-order valence-corrected chi connectivity index (χ0v) is 18.3. The van der Waals surface area contributed by atoms with E-state index in [0.717, 1.165) is 22.5 Å². The van der Waals surface area contributed by atoms with E-state index < -0.39 is 8.07 Å². The van der Waals surface area contributed by atoms with E-state index in [-0.39, 0.29) is 0 Å². The summed E-state index contributed by atoms with van der Waals surface area (Å²) in [5.41, 5.74) is 7.04. The molecule has 4 heteroatoms. The first-order chi connectivity index (χ1) is 13.3. The number of aromatic nitrogens is 2. The van der Waals surface area contributed by atoms with Crippen LogP contribution in [0.2, 0.25) is 19.6 Å². The fourth-order valence-electron chi connectivity index (χ4n) is 4.28. The molecule has 0 unspecified atom stereocenters. The number of benzene rings is 3. The summed E-state index contributed by atoms with van der Waals surface area (Å²) in [5, 5.41) is 3.82. The maximum Gasteiger partial charge on any atom is 0.294 e. The van der Waals surface area contributed by atoms with Crippen LogP contribution in [0.3, 0.4) is 0 Å². The van der Waals surface area contributed by atoms with Crippen molar-refractivity contribution in [1.82, 2.24) is 4.98 Å². The molecule has 0 fully saturated rings. The van der Waals surface area contributed by atoms with Crippen LogP contribution < -0.4 is 14.5 Å². The summed E-state index contributed by atoms with van der Waals surface area (Å²) in [6.45, 7) is 11.5. The lowest BCUT2D eigenvalue weighted by atomic mass is 9.91. The van der Waals surface area contributed by atoms with E-state index in [2.05, 4.69) is 81.5 Å². The monoisotopic (exact) mass is 385 g/mol. The first kappa shape index (κ1) is 17.4. The second-order valence-corrected chi connectivity index (χ2v) is 14.0. The van der Waals surface area contributed by atoms with Gasteiger partial charge in [-0.1, -0.05) is 49.1 Å². The summed E-state index contributed by atoms with van der Waals surface area (Å²) in [6.07, 6.45) is 0. The van der Waals surface area contributed by atoms with Gasteiger partial charge < -0.3 is 4.74 Å². The average Bonchev–Trinajstić information content (AvgIpc) is 2.64. The van der Waals surface area contributed by atoms with E-state index >= 15 is 0 Å². The Labute approximate surface area is 166 Å². The minimum Gasteiger partial charge on any atom is -0.433 e. The molecule has 0 saturated heterocycles. The van der Waals surface area contributed by atoms with Crippen molar-refractivity contribution in [3.05, 3.63) is 53.6 Å². The van der Waals surface area contributed by atoms with Gasteiger partial charge in [-0.25, -0.2) is 4.98 Å². The Kier molecular flexibility index (Phi) is 3.50. The van der Waals surface area contributed by atoms with Crippen molar-refractivity contribution >= 4 is 35.1 Å². The molecule has 0 amide bonds. The minimum absolute atomic E-state index is 0.705. The fraction of sp³-hybridized carbons (Fsp3) is 0.250. The zero-order valence-electron chi connectivity index (χ0n) is 17.3. The van der Waals surface area contributed by atoms with Gasteiger partial charge in [-0.2, -0.15) is 4.57 Å². The van der Waals surface area contributed by atoms with Crippen LogP contribution in [0.5, 0.6) is 11.6 Å². The summed E-state index contributed by atoms with van der Waals surface area (Å²) in [6, 6.07) is 15.3. The normalized spacial score (nSPS) is 12.9. The van der Waals surface area contributed by atoms with Crippen molar-refractivity contribution in [3.63, 3.8) is 0 Å². The van der Waals surface area contributed by atoms with Crippen molar-refractivity contribution in [3.8, 4) is 22.9 Å². The van der Waals surface area contributed by atoms with Crippen LogP contribution in [-0.2, 0) is 7.05 Å². The highest BCUT2D eigenvalue weighted by Crippen LogP contribution is 2.46. The largest absolute Gasteiger partial charge is 0.433 e. The van der Waals surface area contributed by atoms with Crippen LogP contribution in [0.25, 0.3) is 33.1 Å². The Hall–Kier alpha value is -2.72. The van der Waals surface area contributed by atoms with Crippen LogP contribution in [-0.4, -0.2) is 13.1 Å². The molecule has 0 aliphatic carbocycles. The Balaban J connectivity index is 1.91. The molecule has 0 bridgehead atoms. The highest BCUT2D eigenvalue weighted by Gasteiger charge is 2.33. The molecule has 0 spiro atoms. The third-order valence-corrected chi connectivity index (χ3v) is 8.10. The predicted molar refractivity (Wildman–Crippen MR) is 118 cm³/mol. The van der Waals surface area contributed by atoms with E-state index in [0.29, 0.717) is 5.88 Å². The van der Waals surface area contributed by atoms with Crippen molar-refractivity contribution in [2.24, 2.45) is 7.05 Å². The van der Waals surface area contributed by atoms with Crippen LogP contribution in [0.1, 0.15) is 11.1 Å². The Morgan fingerprint density at radius 2 is 1.79 bits per heavy atom. The number of fused-ring (bicyclic) bond motifs is 3. The molecular weight excluding hydrogens is 360 g/mol. The van der Waals surface area contributed by atoms with Crippen molar-refractivity contribution < 1.29 is 9.30 Å².